The first-order chi connectivity index (χ1) is 9.28. The van der Waals surface area contributed by atoms with E-state index < -0.39 is 0 Å². The van der Waals surface area contributed by atoms with Crippen LogP contribution >= 0.6 is 0 Å². The van der Waals surface area contributed by atoms with Gasteiger partial charge in [0.25, 0.3) is 0 Å². The number of hydrogen-bond donors (Lipinski definition) is 2. The molecule has 0 amide bonds. The molecule has 19 heavy (non-hydrogen) atoms. The minimum absolute atomic E-state index is 0.782. The van der Waals surface area contributed by atoms with Crippen molar-refractivity contribution in [2.75, 3.05) is 5.73 Å². The summed E-state index contributed by atoms with van der Waals surface area (Å²) in [4.78, 5) is 0. The average molecular weight is 254 g/mol. The monoisotopic (exact) mass is 254 g/mol. The molecule has 0 bridgehead atoms. The molecule has 0 saturated heterocycles. The fraction of sp³-hybridized carbons (Fsp3) is 0.200. The summed E-state index contributed by atoms with van der Waals surface area (Å²) in [5, 5.41) is 7.03. The van der Waals surface area contributed by atoms with E-state index in [4.69, 9.17) is 11.6 Å². The molecule has 0 fully saturated rings. The molecule has 0 aromatic heterocycles. The SMILES string of the molecule is NN=Nc1ccc(CCCc2ccc(N)cc2)cc1. The fourth-order valence-electron chi connectivity index (χ4n) is 1.98. The van der Waals surface area contributed by atoms with Crippen LogP contribution in [0.5, 0.6) is 0 Å². The molecule has 0 spiro atoms. The lowest BCUT2D eigenvalue weighted by molar-refractivity contribution is 0.821. The Bertz CT molecular complexity index is 529. The van der Waals surface area contributed by atoms with Crippen molar-refractivity contribution < 1.29 is 0 Å². The van der Waals surface area contributed by atoms with Crippen LogP contribution in [0, 0.1) is 0 Å². The summed E-state index contributed by atoms with van der Waals surface area (Å²) in [7, 11) is 0. The van der Waals surface area contributed by atoms with Crippen molar-refractivity contribution in [3.63, 3.8) is 0 Å². The Balaban J connectivity index is 1.83. The van der Waals surface area contributed by atoms with Gasteiger partial charge in [0.05, 0.1) is 5.69 Å². The molecule has 0 aliphatic heterocycles. The van der Waals surface area contributed by atoms with Gasteiger partial charge in [-0.3, -0.25) is 0 Å². The molecule has 4 nitrogen and oxygen atoms in total. The topological polar surface area (TPSA) is 76.8 Å². The fourth-order valence-corrected chi connectivity index (χ4v) is 1.98. The summed E-state index contributed by atoms with van der Waals surface area (Å²) in [6.45, 7) is 0. The van der Waals surface area contributed by atoms with Crippen molar-refractivity contribution in [3.05, 3.63) is 59.7 Å². The third-order valence-corrected chi connectivity index (χ3v) is 3.02. The Kier molecular flexibility index (Phi) is 4.50. The van der Waals surface area contributed by atoms with Gasteiger partial charge in [-0.2, -0.15) is 0 Å². The van der Waals surface area contributed by atoms with Crippen LogP contribution in [0.3, 0.4) is 0 Å². The maximum absolute atomic E-state index is 5.66. The number of anilines is 1. The summed E-state index contributed by atoms with van der Waals surface area (Å²) in [5.74, 6) is 5.00. The average Bonchev–Trinajstić information content (AvgIpc) is 2.43. The van der Waals surface area contributed by atoms with Crippen LogP contribution in [0.25, 0.3) is 0 Å². The largest absolute Gasteiger partial charge is 0.399 e. The van der Waals surface area contributed by atoms with Gasteiger partial charge in [0.2, 0.25) is 0 Å². The first-order valence-corrected chi connectivity index (χ1v) is 6.32. The second-order valence-electron chi connectivity index (χ2n) is 4.48. The molecule has 2 rings (SSSR count). The van der Waals surface area contributed by atoms with Crippen molar-refractivity contribution in [1.82, 2.24) is 0 Å². The number of nitrogens with two attached hydrogens (primary N) is 2. The molecule has 0 aliphatic carbocycles. The Morgan fingerprint density at radius 1 is 0.789 bits per heavy atom. The molecule has 0 heterocycles. The predicted molar refractivity (Wildman–Crippen MR) is 78.0 cm³/mol. The molecule has 0 unspecified atom stereocenters. The Morgan fingerprint density at radius 3 is 1.84 bits per heavy atom. The molecule has 2 aromatic rings. The number of aryl methyl sites for hydroxylation is 2. The van der Waals surface area contributed by atoms with Gasteiger partial charge >= 0.3 is 0 Å². The van der Waals surface area contributed by atoms with Gasteiger partial charge < -0.3 is 11.6 Å². The Labute approximate surface area is 113 Å². The molecule has 0 atom stereocenters. The van der Waals surface area contributed by atoms with Crippen LogP contribution in [-0.2, 0) is 12.8 Å². The highest BCUT2D eigenvalue weighted by atomic mass is 15.3. The van der Waals surface area contributed by atoms with Crippen molar-refractivity contribution in [3.8, 4) is 0 Å². The number of rotatable bonds is 5. The molecular weight excluding hydrogens is 236 g/mol. The van der Waals surface area contributed by atoms with Gasteiger partial charge in [0, 0.05) is 5.69 Å². The Morgan fingerprint density at radius 2 is 1.32 bits per heavy atom. The van der Waals surface area contributed by atoms with E-state index in [-0.39, 0.29) is 0 Å². The summed E-state index contributed by atoms with van der Waals surface area (Å²) < 4.78 is 0. The lowest BCUT2D eigenvalue weighted by atomic mass is 10.0. The smallest absolute Gasteiger partial charge is 0.0874 e. The minimum Gasteiger partial charge on any atom is -0.399 e. The molecule has 4 N–H and O–H groups in total. The minimum atomic E-state index is 0.782. The lowest BCUT2D eigenvalue weighted by Crippen LogP contribution is -1.91. The number of hydrogen-bond acceptors (Lipinski definition) is 3. The maximum Gasteiger partial charge on any atom is 0.0874 e. The second-order valence-corrected chi connectivity index (χ2v) is 4.48. The van der Waals surface area contributed by atoms with Crippen LogP contribution < -0.4 is 11.6 Å². The summed E-state index contributed by atoms with van der Waals surface area (Å²) in [6.07, 6.45) is 3.22. The highest BCUT2D eigenvalue weighted by Gasteiger charge is 1.97. The van der Waals surface area contributed by atoms with Gasteiger partial charge in [-0.15, -0.1) is 5.11 Å². The van der Waals surface area contributed by atoms with Crippen LogP contribution in [0.2, 0.25) is 0 Å². The molecular formula is C15H18N4. The van der Waals surface area contributed by atoms with Gasteiger partial charge in [0.15, 0.2) is 0 Å². The maximum atomic E-state index is 5.66. The molecule has 2 aromatic carbocycles. The van der Waals surface area contributed by atoms with E-state index in [0.29, 0.717) is 0 Å². The highest BCUT2D eigenvalue weighted by molar-refractivity contribution is 5.39. The lowest BCUT2D eigenvalue weighted by Gasteiger charge is -2.03. The van der Waals surface area contributed by atoms with E-state index >= 15 is 0 Å². The number of benzene rings is 2. The molecule has 4 heteroatoms. The van der Waals surface area contributed by atoms with Crippen molar-refractivity contribution >= 4 is 11.4 Å². The second kappa shape index (κ2) is 6.54. The van der Waals surface area contributed by atoms with Gasteiger partial charge in [-0.1, -0.05) is 29.5 Å². The van der Waals surface area contributed by atoms with E-state index in [1.54, 1.807) is 0 Å². The van der Waals surface area contributed by atoms with Crippen LogP contribution in [0.15, 0.2) is 58.9 Å². The zero-order valence-corrected chi connectivity index (χ0v) is 10.8. The summed E-state index contributed by atoms with van der Waals surface area (Å²) in [5.41, 5.74) is 9.87. The zero-order chi connectivity index (χ0) is 13.5. The van der Waals surface area contributed by atoms with E-state index in [1.165, 1.54) is 11.1 Å². The normalized spacial score (nSPS) is 10.9. The van der Waals surface area contributed by atoms with Crippen LogP contribution in [-0.4, -0.2) is 0 Å². The number of nitrogen functional groups attached to an aromatic ring is 1. The third kappa shape index (κ3) is 4.10. The van der Waals surface area contributed by atoms with Gasteiger partial charge in [-0.05, 0) is 54.7 Å². The highest BCUT2D eigenvalue weighted by Crippen LogP contribution is 2.15. The first kappa shape index (κ1) is 13.1. The quantitative estimate of drug-likeness (QED) is 0.371. The van der Waals surface area contributed by atoms with Crippen molar-refractivity contribution in [2.24, 2.45) is 16.2 Å². The Hall–Kier alpha value is -2.36. The van der Waals surface area contributed by atoms with E-state index in [9.17, 15) is 0 Å². The third-order valence-electron chi connectivity index (χ3n) is 3.02. The molecule has 0 radical (unpaired) electrons. The van der Waals surface area contributed by atoms with Gasteiger partial charge in [0.1, 0.15) is 0 Å². The standard InChI is InChI=1S/C15H18N4/c16-14-8-4-12(5-9-14)2-1-3-13-6-10-15(11-7-13)18-19-17/h4-11H,1-3,16H2,(H2,17,18). The zero-order valence-electron chi connectivity index (χ0n) is 10.8. The van der Waals surface area contributed by atoms with E-state index in [2.05, 4.69) is 34.6 Å². The van der Waals surface area contributed by atoms with Crippen LogP contribution in [0.1, 0.15) is 17.5 Å². The van der Waals surface area contributed by atoms with E-state index in [1.807, 2.05) is 24.3 Å². The van der Waals surface area contributed by atoms with Gasteiger partial charge in [-0.25, -0.2) is 0 Å². The summed E-state index contributed by atoms with van der Waals surface area (Å²) >= 11 is 0. The van der Waals surface area contributed by atoms with E-state index in [0.717, 1.165) is 30.6 Å². The van der Waals surface area contributed by atoms with Crippen molar-refractivity contribution in [2.45, 2.75) is 19.3 Å². The summed E-state index contributed by atoms with van der Waals surface area (Å²) in [6, 6.07) is 16.0. The molecule has 98 valence electrons. The van der Waals surface area contributed by atoms with Crippen LogP contribution in [0.4, 0.5) is 11.4 Å². The molecule has 0 aliphatic rings. The first-order valence-electron chi connectivity index (χ1n) is 6.32. The van der Waals surface area contributed by atoms with Crippen molar-refractivity contribution in [1.29, 1.82) is 0 Å². The number of nitrogens with zero attached hydrogens (tertiary/aromatic N) is 2. The molecule has 0 saturated carbocycles. The predicted octanol–water partition coefficient (Wildman–Crippen LogP) is 3.40.